The van der Waals surface area contributed by atoms with Crippen molar-refractivity contribution in [2.24, 2.45) is 21.5 Å². The number of aliphatic imine (C=N–C) groups is 2. The van der Waals surface area contributed by atoms with Crippen molar-refractivity contribution >= 4 is 55.4 Å². The zero-order chi connectivity index (χ0) is 27.3. The standard InChI is InChI=1S/C18H20FN7O3S.C2H6O3S/c1-18(2)25-15(20)24-16(21)26(18)13-8-6-11(7-9-13)22-17(27)23-12-4-3-5-14(10-12)30(19,28)29;1-2-6(3,4)5/h3-10H,1-2H3,(H2,22,23,27)(H4,20,21,24,25);2H2,1H3,(H,3,4,5). The third kappa shape index (κ3) is 8.17. The predicted octanol–water partition coefficient (Wildman–Crippen LogP) is 2.07. The number of halogens is 1. The Bertz CT molecular complexity index is 1390. The van der Waals surface area contributed by atoms with Crippen LogP contribution in [-0.4, -0.2) is 50.8 Å². The molecule has 16 heteroatoms. The molecule has 3 rings (SSSR count). The molecule has 0 aliphatic carbocycles. The number of nitrogens with zero attached hydrogens (tertiary/aromatic N) is 3. The van der Waals surface area contributed by atoms with Crippen molar-refractivity contribution in [2.75, 3.05) is 21.3 Å². The van der Waals surface area contributed by atoms with Gasteiger partial charge in [0.15, 0.2) is 0 Å². The lowest BCUT2D eigenvalue weighted by molar-refractivity contribution is 0.262. The van der Waals surface area contributed by atoms with Crippen LogP contribution < -0.4 is 27.0 Å². The molecule has 0 saturated carbocycles. The second-order valence-corrected chi connectivity index (χ2v) is 10.8. The summed E-state index contributed by atoms with van der Waals surface area (Å²) in [5.74, 6) is 0.0782. The van der Waals surface area contributed by atoms with Gasteiger partial charge in [-0.25, -0.2) is 9.79 Å². The number of rotatable bonds is 5. The molecule has 0 saturated heterocycles. The summed E-state index contributed by atoms with van der Waals surface area (Å²) in [7, 11) is -8.53. The summed E-state index contributed by atoms with van der Waals surface area (Å²) in [6.07, 6.45) is 0. The Labute approximate surface area is 208 Å². The molecule has 0 spiro atoms. The van der Waals surface area contributed by atoms with Crippen LogP contribution in [0.1, 0.15) is 20.8 Å². The van der Waals surface area contributed by atoms with E-state index in [-0.39, 0.29) is 23.4 Å². The van der Waals surface area contributed by atoms with E-state index in [0.717, 1.165) is 12.1 Å². The molecular formula is C20H26FN7O6S2. The van der Waals surface area contributed by atoms with Gasteiger partial charge in [0, 0.05) is 17.1 Å². The van der Waals surface area contributed by atoms with Gasteiger partial charge in [-0.05, 0) is 63.2 Å². The van der Waals surface area contributed by atoms with Crippen molar-refractivity contribution in [1.29, 1.82) is 0 Å². The quantitative estimate of drug-likeness (QED) is 0.275. The van der Waals surface area contributed by atoms with Crippen molar-refractivity contribution in [3.8, 4) is 0 Å². The number of carbonyl (C=O) groups is 1. The Balaban J connectivity index is 0.000000678. The molecule has 0 fully saturated rings. The smallest absolute Gasteiger partial charge is 0.332 e. The largest absolute Gasteiger partial charge is 0.369 e. The minimum atomic E-state index is -4.87. The SMILES string of the molecule is CC1(C)N=C(N)N=C(N)N1c1ccc(NC(=O)Nc2cccc(S(=O)(=O)F)c2)cc1.CCS(=O)(=O)O. The second-order valence-electron chi connectivity index (χ2n) is 7.73. The fourth-order valence-electron chi connectivity index (χ4n) is 2.96. The topological polar surface area (TPSA) is 210 Å². The highest BCUT2D eigenvalue weighted by Gasteiger charge is 2.32. The van der Waals surface area contributed by atoms with Crippen LogP contribution >= 0.6 is 0 Å². The van der Waals surface area contributed by atoms with E-state index in [1.807, 2.05) is 13.8 Å². The number of guanidine groups is 2. The third-order valence-electron chi connectivity index (χ3n) is 4.52. The van der Waals surface area contributed by atoms with Crippen molar-refractivity contribution in [2.45, 2.75) is 31.3 Å². The average molecular weight is 544 g/mol. The van der Waals surface area contributed by atoms with Gasteiger partial charge in [-0.3, -0.25) is 9.45 Å². The summed E-state index contributed by atoms with van der Waals surface area (Å²) in [5, 5.41) is 5.04. The van der Waals surface area contributed by atoms with Gasteiger partial charge in [0.25, 0.3) is 10.1 Å². The number of hydrogen-bond donors (Lipinski definition) is 5. The van der Waals surface area contributed by atoms with Gasteiger partial charge in [-0.2, -0.15) is 21.8 Å². The van der Waals surface area contributed by atoms with Crippen molar-refractivity contribution < 1.29 is 30.1 Å². The molecule has 2 aromatic rings. The molecule has 36 heavy (non-hydrogen) atoms. The Morgan fingerprint density at radius 3 is 2.11 bits per heavy atom. The first-order valence-electron chi connectivity index (χ1n) is 10.2. The first-order valence-corrected chi connectivity index (χ1v) is 13.2. The fraction of sp³-hybridized carbons (Fsp3) is 0.250. The Morgan fingerprint density at radius 1 is 1.06 bits per heavy atom. The lowest BCUT2D eigenvalue weighted by Crippen LogP contribution is -2.54. The molecule has 1 aliphatic heterocycles. The molecule has 0 aromatic heterocycles. The van der Waals surface area contributed by atoms with Gasteiger partial charge in [0.1, 0.15) is 10.6 Å². The van der Waals surface area contributed by atoms with E-state index in [9.17, 15) is 25.5 Å². The fourth-order valence-corrected chi connectivity index (χ4v) is 3.47. The molecule has 2 amide bonds. The van der Waals surface area contributed by atoms with Gasteiger partial charge in [0.2, 0.25) is 11.9 Å². The van der Waals surface area contributed by atoms with Crippen LogP contribution in [0.15, 0.2) is 63.4 Å². The molecule has 0 unspecified atom stereocenters. The summed E-state index contributed by atoms with van der Waals surface area (Å²) in [5.41, 5.74) is 12.2. The van der Waals surface area contributed by atoms with Gasteiger partial charge < -0.3 is 22.1 Å². The number of anilines is 3. The summed E-state index contributed by atoms with van der Waals surface area (Å²) in [6, 6.07) is 10.9. The Hall–Kier alpha value is -3.76. The van der Waals surface area contributed by atoms with E-state index in [1.165, 1.54) is 19.1 Å². The molecule has 2 aromatic carbocycles. The van der Waals surface area contributed by atoms with Gasteiger partial charge in [-0.1, -0.05) is 6.07 Å². The second kappa shape index (κ2) is 10.9. The third-order valence-corrected chi connectivity index (χ3v) is 6.06. The highest BCUT2D eigenvalue weighted by Crippen LogP contribution is 2.28. The van der Waals surface area contributed by atoms with Crippen molar-refractivity contribution in [3.05, 3.63) is 48.5 Å². The van der Waals surface area contributed by atoms with Crippen LogP contribution in [0.25, 0.3) is 0 Å². The van der Waals surface area contributed by atoms with Crippen LogP contribution in [0.2, 0.25) is 0 Å². The highest BCUT2D eigenvalue weighted by molar-refractivity contribution is 7.86. The lowest BCUT2D eigenvalue weighted by atomic mass is 10.1. The van der Waals surface area contributed by atoms with Gasteiger partial charge in [0.05, 0.1) is 5.75 Å². The normalized spacial score (nSPS) is 15.1. The maximum absolute atomic E-state index is 13.1. The van der Waals surface area contributed by atoms with Crippen molar-refractivity contribution in [1.82, 2.24) is 0 Å². The molecule has 1 heterocycles. The van der Waals surface area contributed by atoms with Crippen LogP contribution in [0.5, 0.6) is 0 Å². The first kappa shape index (κ1) is 28.5. The number of carbonyl (C=O) groups excluding carboxylic acids is 1. The van der Waals surface area contributed by atoms with E-state index in [2.05, 4.69) is 20.6 Å². The average Bonchev–Trinajstić information content (AvgIpc) is 2.73. The number of benzene rings is 2. The van der Waals surface area contributed by atoms with Crippen LogP contribution in [0.4, 0.5) is 25.7 Å². The molecule has 13 nitrogen and oxygen atoms in total. The maximum atomic E-state index is 13.1. The zero-order valence-corrected chi connectivity index (χ0v) is 21.1. The molecular weight excluding hydrogens is 517 g/mol. The van der Waals surface area contributed by atoms with Crippen LogP contribution in [-0.2, 0) is 20.3 Å². The summed E-state index contributed by atoms with van der Waals surface area (Å²) < 4.78 is 62.0. The lowest BCUT2D eigenvalue weighted by Gasteiger charge is -2.38. The molecule has 1 aliphatic rings. The Kier molecular flexibility index (Phi) is 8.61. The van der Waals surface area contributed by atoms with E-state index < -0.39 is 36.9 Å². The number of hydrogen-bond acceptors (Lipinski definition) is 10. The molecule has 0 atom stereocenters. The summed E-state index contributed by atoms with van der Waals surface area (Å²) >= 11 is 0. The molecule has 0 radical (unpaired) electrons. The van der Waals surface area contributed by atoms with E-state index in [4.69, 9.17) is 16.0 Å². The van der Waals surface area contributed by atoms with Gasteiger partial charge in [-0.15, -0.1) is 3.89 Å². The van der Waals surface area contributed by atoms with Gasteiger partial charge >= 0.3 is 16.3 Å². The zero-order valence-electron chi connectivity index (χ0n) is 19.5. The Morgan fingerprint density at radius 2 is 1.61 bits per heavy atom. The van der Waals surface area contributed by atoms with Crippen LogP contribution in [0, 0.1) is 0 Å². The van der Waals surface area contributed by atoms with Crippen molar-refractivity contribution in [3.63, 3.8) is 0 Å². The monoisotopic (exact) mass is 543 g/mol. The molecule has 7 N–H and O–H groups in total. The van der Waals surface area contributed by atoms with E-state index in [0.29, 0.717) is 11.4 Å². The molecule has 0 bridgehead atoms. The maximum Gasteiger partial charge on any atom is 0.332 e. The first-order chi connectivity index (χ1) is 16.5. The highest BCUT2D eigenvalue weighted by atomic mass is 32.3. The number of nitrogens with one attached hydrogen (secondary N) is 2. The van der Waals surface area contributed by atoms with E-state index >= 15 is 0 Å². The number of nitrogens with two attached hydrogens (primary N) is 2. The predicted molar refractivity (Wildman–Crippen MR) is 136 cm³/mol. The minimum absolute atomic E-state index is 0.0911. The number of urea groups is 1. The number of amides is 2. The minimum Gasteiger partial charge on any atom is -0.369 e. The summed E-state index contributed by atoms with van der Waals surface area (Å²) in [4.78, 5) is 21.6. The summed E-state index contributed by atoms with van der Waals surface area (Å²) in [6.45, 7) is 5.02. The van der Waals surface area contributed by atoms with Crippen LogP contribution in [0.3, 0.4) is 0 Å². The molecule has 196 valence electrons. The van der Waals surface area contributed by atoms with E-state index in [1.54, 1.807) is 29.2 Å².